The molecule has 0 aliphatic rings. The summed E-state index contributed by atoms with van der Waals surface area (Å²) in [4.78, 5) is 23.8. The maximum atomic E-state index is 11.9. The first kappa shape index (κ1) is 20.9. The Hall–Kier alpha value is -1.14. The van der Waals surface area contributed by atoms with Crippen molar-refractivity contribution in [1.82, 2.24) is 5.32 Å². The maximum Gasteiger partial charge on any atom is 0.408 e. The molecule has 0 saturated carbocycles. The predicted octanol–water partition coefficient (Wildman–Crippen LogP) is 3.66. The second-order valence-corrected chi connectivity index (χ2v) is 12.7. The Balaban J connectivity index is 4.85. The Morgan fingerprint density at radius 1 is 1.18 bits per heavy atom. The number of carbonyl (C=O) groups is 2. The summed E-state index contributed by atoms with van der Waals surface area (Å²) in [6.07, 6.45) is 0.559. The molecule has 0 aromatic heterocycles. The maximum absolute atomic E-state index is 11.9. The monoisotopic (exact) mass is 329 g/mol. The van der Waals surface area contributed by atoms with E-state index in [9.17, 15) is 9.59 Å². The van der Waals surface area contributed by atoms with Gasteiger partial charge in [0.1, 0.15) is 11.6 Å². The lowest BCUT2D eigenvalue weighted by Gasteiger charge is -2.37. The molecule has 0 unspecified atom stereocenters. The minimum absolute atomic E-state index is 0.0285. The normalized spacial score (nSPS) is 14.2. The van der Waals surface area contributed by atoms with Crippen LogP contribution >= 0.6 is 0 Å². The molecule has 128 valence electrons. The molecule has 0 radical (unpaired) electrons. The summed E-state index contributed by atoms with van der Waals surface area (Å²) in [5, 5.41) is 2.59. The highest BCUT2D eigenvalue weighted by molar-refractivity contribution is 6.74. The number of ketones is 1. The number of amides is 1. The van der Waals surface area contributed by atoms with Crippen molar-refractivity contribution in [3.63, 3.8) is 0 Å². The van der Waals surface area contributed by atoms with E-state index < -0.39 is 26.1 Å². The Morgan fingerprint density at radius 2 is 1.68 bits per heavy atom. The largest absolute Gasteiger partial charge is 0.444 e. The molecular weight excluding hydrogens is 298 g/mol. The summed E-state index contributed by atoms with van der Waals surface area (Å²) in [6.45, 7) is 19.4. The number of carbonyl (C=O) groups excluding carboxylic acids is 2. The fourth-order valence-electron chi connectivity index (χ4n) is 1.30. The average molecular weight is 330 g/mol. The number of nitrogens with one attached hydrogen (secondary N) is 1. The van der Waals surface area contributed by atoms with Crippen molar-refractivity contribution in [3.05, 3.63) is 12.7 Å². The van der Waals surface area contributed by atoms with Crippen molar-refractivity contribution in [2.24, 2.45) is 0 Å². The number of ether oxygens (including phenoxy) is 1. The van der Waals surface area contributed by atoms with Crippen LogP contribution in [0.5, 0.6) is 0 Å². The Bertz CT molecular complexity index is 419. The first-order chi connectivity index (χ1) is 9.69. The molecule has 0 rings (SSSR count). The molecule has 0 aromatic rings. The van der Waals surface area contributed by atoms with E-state index in [1.165, 1.54) is 6.08 Å². The van der Waals surface area contributed by atoms with E-state index in [0.717, 1.165) is 0 Å². The molecule has 0 fully saturated rings. The van der Waals surface area contributed by atoms with Crippen LogP contribution in [0.4, 0.5) is 4.79 Å². The number of hydrogen-bond donors (Lipinski definition) is 1. The molecule has 0 saturated heterocycles. The molecule has 0 aliphatic carbocycles. The third kappa shape index (κ3) is 7.22. The fraction of sp³-hybridized carbons (Fsp3) is 0.750. The number of hydrogen-bond acceptors (Lipinski definition) is 4. The van der Waals surface area contributed by atoms with Crippen molar-refractivity contribution in [3.8, 4) is 0 Å². The van der Waals surface area contributed by atoms with Gasteiger partial charge in [-0.05, 0) is 45.0 Å². The van der Waals surface area contributed by atoms with Gasteiger partial charge in [-0.2, -0.15) is 0 Å². The van der Waals surface area contributed by atoms with Gasteiger partial charge in [-0.25, -0.2) is 4.79 Å². The van der Waals surface area contributed by atoms with Crippen molar-refractivity contribution in [2.45, 2.75) is 71.3 Å². The van der Waals surface area contributed by atoms with E-state index >= 15 is 0 Å². The lowest BCUT2D eigenvalue weighted by Crippen LogP contribution is -2.49. The summed E-state index contributed by atoms with van der Waals surface area (Å²) in [7, 11) is -2.00. The lowest BCUT2D eigenvalue weighted by atomic mass is 10.2. The molecule has 0 aliphatic heterocycles. The highest BCUT2D eigenvalue weighted by Gasteiger charge is 2.38. The minimum Gasteiger partial charge on any atom is -0.444 e. The van der Waals surface area contributed by atoms with Gasteiger partial charge in [0.05, 0.1) is 6.61 Å². The van der Waals surface area contributed by atoms with E-state index in [0.29, 0.717) is 0 Å². The van der Waals surface area contributed by atoms with Crippen LogP contribution in [0.1, 0.15) is 41.5 Å². The van der Waals surface area contributed by atoms with E-state index in [4.69, 9.17) is 9.16 Å². The Morgan fingerprint density at radius 3 is 2.05 bits per heavy atom. The summed E-state index contributed by atoms with van der Waals surface area (Å²) >= 11 is 0. The first-order valence-corrected chi connectivity index (χ1v) is 10.4. The predicted molar refractivity (Wildman–Crippen MR) is 91.5 cm³/mol. The SMILES string of the molecule is C=CC(=O)[C@H](CO[Si](C)(C)C(C)(C)C)NC(=O)OC(C)(C)C. The van der Waals surface area contributed by atoms with Crippen molar-refractivity contribution >= 4 is 20.2 Å². The molecule has 0 heterocycles. The molecular formula is C16H31NO4Si. The van der Waals surface area contributed by atoms with Gasteiger partial charge in [0.25, 0.3) is 0 Å². The molecule has 22 heavy (non-hydrogen) atoms. The molecule has 1 amide bonds. The van der Waals surface area contributed by atoms with Gasteiger partial charge in [0.15, 0.2) is 14.1 Å². The molecule has 0 bridgehead atoms. The van der Waals surface area contributed by atoms with E-state index in [1.807, 2.05) is 0 Å². The van der Waals surface area contributed by atoms with Crippen LogP contribution in [-0.2, 0) is 14.0 Å². The average Bonchev–Trinajstić information content (AvgIpc) is 2.29. The molecule has 0 spiro atoms. The van der Waals surface area contributed by atoms with Crippen molar-refractivity contribution in [2.75, 3.05) is 6.61 Å². The smallest absolute Gasteiger partial charge is 0.408 e. The highest BCUT2D eigenvalue weighted by atomic mass is 28.4. The van der Waals surface area contributed by atoms with Crippen molar-refractivity contribution in [1.29, 1.82) is 0 Å². The quantitative estimate of drug-likeness (QED) is 0.596. The van der Waals surface area contributed by atoms with Crippen LogP contribution in [-0.4, -0.2) is 38.4 Å². The summed E-state index contributed by atoms with van der Waals surface area (Å²) < 4.78 is 11.2. The second-order valence-electron chi connectivity index (χ2n) is 7.88. The van der Waals surface area contributed by atoms with Crippen LogP contribution in [0.15, 0.2) is 12.7 Å². The van der Waals surface area contributed by atoms with Crippen LogP contribution in [0, 0.1) is 0 Å². The third-order valence-corrected chi connectivity index (χ3v) is 8.15. The van der Waals surface area contributed by atoms with Gasteiger partial charge in [0.2, 0.25) is 0 Å². The van der Waals surface area contributed by atoms with Crippen LogP contribution in [0.2, 0.25) is 18.1 Å². The zero-order valence-electron chi connectivity index (χ0n) is 15.2. The van der Waals surface area contributed by atoms with Gasteiger partial charge in [-0.1, -0.05) is 27.4 Å². The summed E-state index contributed by atoms with van der Waals surface area (Å²) in [5.74, 6) is -0.287. The standard InChI is InChI=1S/C16H31NO4Si/c1-10-13(18)12(17-14(19)21-15(2,3)4)11-20-22(8,9)16(5,6)7/h10,12H,1,11H2,2-9H3,(H,17,19)/t12-/m0/s1. The first-order valence-electron chi connectivity index (χ1n) is 7.49. The van der Waals surface area contributed by atoms with E-state index in [2.05, 4.69) is 45.8 Å². The fourth-order valence-corrected chi connectivity index (χ4v) is 2.31. The third-order valence-electron chi connectivity index (χ3n) is 3.65. The molecule has 1 atom stereocenters. The van der Waals surface area contributed by atoms with Gasteiger partial charge in [-0.3, -0.25) is 4.79 Å². The van der Waals surface area contributed by atoms with Crippen LogP contribution in [0.25, 0.3) is 0 Å². The molecule has 0 aromatic carbocycles. The highest BCUT2D eigenvalue weighted by Crippen LogP contribution is 2.36. The van der Waals surface area contributed by atoms with Gasteiger partial charge >= 0.3 is 6.09 Å². The van der Waals surface area contributed by atoms with Crippen LogP contribution in [0.3, 0.4) is 0 Å². The zero-order chi connectivity index (χ0) is 17.8. The van der Waals surface area contributed by atoms with Crippen LogP contribution < -0.4 is 5.32 Å². The lowest BCUT2D eigenvalue weighted by molar-refractivity contribution is -0.117. The Labute approximate surface area is 135 Å². The molecule has 1 N–H and O–H groups in total. The second kappa shape index (κ2) is 7.42. The molecule has 6 heteroatoms. The van der Waals surface area contributed by atoms with Gasteiger partial charge in [0, 0.05) is 0 Å². The van der Waals surface area contributed by atoms with Gasteiger partial charge in [-0.15, -0.1) is 0 Å². The summed E-state index contributed by atoms with van der Waals surface area (Å²) in [6, 6.07) is -0.776. The topological polar surface area (TPSA) is 64.6 Å². The van der Waals surface area contributed by atoms with E-state index in [1.54, 1.807) is 20.8 Å². The zero-order valence-corrected chi connectivity index (χ0v) is 16.2. The minimum atomic E-state index is -2.00. The number of rotatable bonds is 6. The summed E-state index contributed by atoms with van der Waals surface area (Å²) in [5.41, 5.74) is -0.619. The van der Waals surface area contributed by atoms with E-state index in [-0.39, 0.29) is 17.4 Å². The number of alkyl carbamates (subject to hydrolysis) is 1. The van der Waals surface area contributed by atoms with Gasteiger partial charge < -0.3 is 14.5 Å². The molecule has 5 nitrogen and oxygen atoms in total. The van der Waals surface area contributed by atoms with Crippen molar-refractivity contribution < 1.29 is 18.8 Å². The Kier molecular flexibility index (Phi) is 7.03.